The van der Waals surface area contributed by atoms with Gasteiger partial charge in [0.05, 0.1) is 32.7 Å². The molecule has 0 spiro atoms. The summed E-state index contributed by atoms with van der Waals surface area (Å²) < 4.78 is 15.9. The lowest BCUT2D eigenvalue weighted by atomic mass is 10.2. The summed E-state index contributed by atoms with van der Waals surface area (Å²) in [5.41, 5.74) is 2.67. The van der Waals surface area contributed by atoms with Crippen LogP contribution in [0.5, 0.6) is 17.2 Å². The van der Waals surface area contributed by atoms with Crippen molar-refractivity contribution in [2.45, 2.75) is 6.92 Å². The fraction of sp³-hybridized carbons (Fsp3) is 0.200. The van der Waals surface area contributed by atoms with Gasteiger partial charge in [0.25, 0.3) is 5.91 Å². The van der Waals surface area contributed by atoms with Crippen LogP contribution in [0.2, 0.25) is 0 Å². The Morgan fingerprint density at radius 3 is 2.39 bits per heavy atom. The van der Waals surface area contributed by atoms with Crippen molar-refractivity contribution < 1.29 is 19.0 Å². The Morgan fingerprint density at radius 1 is 0.964 bits per heavy atom. The predicted molar refractivity (Wildman–Crippen MR) is 111 cm³/mol. The fourth-order valence-corrected chi connectivity index (χ4v) is 3.24. The maximum Gasteiger partial charge on any atom is 0.275 e. The number of ether oxygens (including phenoxy) is 3. The van der Waals surface area contributed by atoms with Crippen molar-refractivity contribution in [2.24, 2.45) is 0 Å². The van der Waals surface area contributed by atoms with Gasteiger partial charge in [-0.1, -0.05) is 6.07 Å². The minimum Gasteiger partial charge on any atom is -0.497 e. The van der Waals surface area contributed by atoms with Gasteiger partial charge in [0.1, 0.15) is 22.9 Å². The van der Waals surface area contributed by atoms with Gasteiger partial charge in [0.15, 0.2) is 5.13 Å². The minimum absolute atomic E-state index is 0.308. The summed E-state index contributed by atoms with van der Waals surface area (Å²) in [7, 11) is 4.74. The van der Waals surface area contributed by atoms with Crippen LogP contribution in [-0.2, 0) is 0 Å². The number of thiazole rings is 1. The van der Waals surface area contributed by atoms with Gasteiger partial charge in [0, 0.05) is 11.4 Å². The molecule has 1 aromatic heterocycles. The molecule has 8 heteroatoms. The molecule has 0 saturated carbocycles. The number of hydrogen-bond donors (Lipinski definition) is 2. The Labute approximate surface area is 167 Å². The highest BCUT2D eigenvalue weighted by Gasteiger charge is 2.15. The first-order valence-electron chi connectivity index (χ1n) is 8.44. The van der Waals surface area contributed by atoms with E-state index in [4.69, 9.17) is 14.2 Å². The quantitative estimate of drug-likeness (QED) is 0.610. The number of methoxy groups -OCH3 is 3. The van der Waals surface area contributed by atoms with E-state index in [-0.39, 0.29) is 5.91 Å². The molecule has 2 N–H and O–H groups in total. The van der Waals surface area contributed by atoms with Crippen LogP contribution in [0.15, 0.2) is 41.8 Å². The first kappa shape index (κ1) is 19.5. The minimum atomic E-state index is -0.312. The normalized spacial score (nSPS) is 10.3. The molecule has 1 heterocycles. The molecule has 0 bridgehead atoms. The number of nitrogens with zero attached hydrogens (tertiary/aromatic N) is 1. The zero-order valence-corrected chi connectivity index (χ0v) is 16.8. The Balaban J connectivity index is 1.74. The van der Waals surface area contributed by atoms with Gasteiger partial charge in [-0.2, -0.15) is 0 Å². The molecule has 7 nitrogen and oxygen atoms in total. The summed E-state index contributed by atoms with van der Waals surface area (Å²) in [4.78, 5) is 16.9. The molecule has 0 aliphatic carbocycles. The van der Waals surface area contributed by atoms with Gasteiger partial charge < -0.3 is 24.8 Å². The maximum absolute atomic E-state index is 12.5. The van der Waals surface area contributed by atoms with Crippen LogP contribution < -0.4 is 24.8 Å². The van der Waals surface area contributed by atoms with Crippen molar-refractivity contribution >= 4 is 33.8 Å². The Hall–Kier alpha value is -3.26. The molecule has 0 radical (unpaired) electrons. The average molecular weight is 399 g/mol. The number of carbonyl (C=O) groups is 1. The number of nitrogens with one attached hydrogen (secondary N) is 2. The van der Waals surface area contributed by atoms with Crippen LogP contribution in [0.25, 0.3) is 0 Å². The second-order valence-corrected chi connectivity index (χ2v) is 6.75. The van der Waals surface area contributed by atoms with Gasteiger partial charge in [-0.3, -0.25) is 4.79 Å². The molecular weight excluding hydrogens is 378 g/mol. The lowest BCUT2D eigenvalue weighted by Crippen LogP contribution is -2.13. The van der Waals surface area contributed by atoms with E-state index in [2.05, 4.69) is 15.6 Å². The van der Waals surface area contributed by atoms with Crippen LogP contribution >= 0.6 is 11.3 Å². The van der Waals surface area contributed by atoms with E-state index in [0.29, 0.717) is 33.8 Å². The van der Waals surface area contributed by atoms with E-state index in [1.54, 1.807) is 38.8 Å². The molecule has 3 rings (SSSR count). The number of rotatable bonds is 7. The van der Waals surface area contributed by atoms with Crippen LogP contribution in [-0.4, -0.2) is 32.2 Å². The molecule has 28 heavy (non-hydrogen) atoms. The highest BCUT2D eigenvalue weighted by molar-refractivity contribution is 7.14. The Kier molecular flexibility index (Phi) is 6.00. The molecule has 0 fully saturated rings. The maximum atomic E-state index is 12.5. The van der Waals surface area contributed by atoms with Crippen LogP contribution in [0.1, 0.15) is 16.1 Å². The molecule has 146 valence electrons. The zero-order chi connectivity index (χ0) is 20.1. The molecule has 0 saturated heterocycles. The van der Waals surface area contributed by atoms with Crippen molar-refractivity contribution in [3.05, 3.63) is 53.0 Å². The highest BCUT2D eigenvalue weighted by atomic mass is 32.1. The lowest BCUT2D eigenvalue weighted by molar-refractivity contribution is 0.102. The molecule has 3 aromatic rings. The predicted octanol–water partition coefficient (Wildman–Crippen LogP) is 4.47. The van der Waals surface area contributed by atoms with E-state index < -0.39 is 0 Å². The summed E-state index contributed by atoms with van der Waals surface area (Å²) in [6, 6.07) is 11.0. The summed E-state index contributed by atoms with van der Waals surface area (Å²) in [5.74, 6) is 1.59. The van der Waals surface area contributed by atoms with Crippen molar-refractivity contribution in [3.8, 4) is 17.2 Å². The van der Waals surface area contributed by atoms with Crippen molar-refractivity contribution in [1.82, 2.24) is 4.98 Å². The molecule has 1 amide bonds. The molecule has 2 aromatic carbocycles. The second kappa shape index (κ2) is 8.62. The lowest BCUT2D eigenvalue weighted by Gasteiger charge is -2.11. The third-order valence-electron chi connectivity index (χ3n) is 3.99. The molecule has 0 aliphatic rings. The van der Waals surface area contributed by atoms with Gasteiger partial charge in [0.2, 0.25) is 0 Å². The summed E-state index contributed by atoms with van der Waals surface area (Å²) in [5, 5.41) is 8.26. The van der Waals surface area contributed by atoms with Crippen molar-refractivity contribution in [1.29, 1.82) is 0 Å². The van der Waals surface area contributed by atoms with E-state index in [1.165, 1.54) is 11.3 Å². The second-order valence-electron chi connectivity index (χ2n) is 5.89. The van der Waals surface area contributed by atoms with Crippen LogP contribution in [0, 0.1) is 6.92 Å². The smallest absolute Gasteiger partial charge is 0.275 e. The van der Waals surface area contributed by atoms with E-state index in [0.717, 1.165) is 11.3 Å². The summed E-state index contributed by atoms with van der Waals surface area (Å²) in [6.45, 7) is 1.96. The van der Waals surface area contributed by atoms with E-state index >= 15 is 0 Å². The van der Waals surface area contributed by atoms with Crippen molar-refractivity contribution in [2.75, 3.05) is 32.0 Å². The monoisotopic (exact) mass is 399 g/mol. The van der Waals surface area contributed by atoms with Crippen LogP contribution in [0.3, 0.4) is 0 Å². The fourth-order valence-electron chi connectivity index (χ4n) is 2.54. The SMILES string of the molecule is COc1ccc(Nc2nc(C(=O)Nc3ccc(C)cc3OC)cs2)c(OC)c1. The number of aromatic nitrogens is 1. The summed E-state index contributed by atoms with van der Waals surface area (Å²) in [6.07, 6.45) is 0. The third kappa shape index (κ3) is 4.34. The number of aryl methyl sites for hydroxylation is 1. The average Bonchev–Trinajstić information content (AvgIpc) is 3.18. The van der Waals surface area contributed by atoms with E-state index in [1.807, 2.05) is 31.2 Å². The Bertz CT molecular complexity index is 987. The molecule has 0 aliphatic heterocycles. The molecular formula is C20H21N3O4S. The number of carbonyl (C=O) groups excluding carboxylic acids is 1. The van der Waals surface area contributed by atoms with Crippen molar-refractivity contribution in [3.63, 3.8) is 0 Å². The van der Waals surface area contributed by atoms with Crippen LogP contribution in [0.4, 0.5) is 16.5 Å². The molecule has 0 unspecified atom stereocenters. The third-order valence-corrected chi connectivity index (χ3v) is 4.75. The van der Waals surface area contributed by atoms with Gasteiger partial charge in [-0.05, 0) is 36.8 Å². The number of hydrogen-bond acceptors (Lipinski definition) is 7. The first-order valence-corrected chi connectivity index (χ1v) is 9.32. The number of amides is 1. The topological polar surface area (TPSA) is 81.7 Å². The van der Waals surface area contributed by atoms with Gasteiger partial charge >= 0.3 is 0 Å². The van der Waals surface area contributed by atoms with Gasteiger partial charge in [-0.15, -0.1) is 11.3 Å². The highest BCUT2D eigenvalue weighted by Crippen LogP contribution is 2.32. The number of anilines is 3. The zero-order valence-electron chi connectivity index (χ0n) is 16.0. The largest absolute Gasteiger partial charge is 0.497 e. The molecule has 0 atom stereocenters. The number of benzene rings is 2. The standard InChI is InChI=1S/C20H21N3O4S/c1-12-5-7-14(17(9-12)26-3)21-19(24)16-11-28-20(23-16)22-15-8-6-13(25-2)10-18(15)27-4/h5-11H,1-4H3,(H,21,24)(H,22,23). The summed E-state index contributed by atoms with van der Waals surface area (Å²) >= 11 is 1.32. The first-order chi connectivity index (χ1) is 13.5. The Morgan fingerprint density at radius 2 is 1.68 bits per heavy atom. The van der Waals surface area contributed by atoms with Gasteiger partial charge in [-0.25, -0.2) is 4.98 Å². The van der Waals surface area contributed by atoms with E-state index in [9.17, 15) is 4.79 Å².